The summed E-state index contributed by atoms with van der Waals surface area (Å²) in [6.07, 6.45) is 3.66. The number of hydrogen-bond donors (Lipinski definition) is 0. The van der Waals surface area contributed by atoms with Crippen LogP contribution in [0.1, 0.15) is 24.8 Å². The number of esters is 1. The Bertz CT molecular complexity index is 411. The molecular formula is C14H17NO2. The molecule has 1 aromatic rings. The summed E-state index contributed by atoms with van der Waals surface area (Å²) in [5.41, 5.74) is 2.36. The van der Waals surface area contributed by atoms with E-state index in [-0.39, 0.29) is 12.0 Å². The lowest BCUT2D eigenvalue weighted by Crippen LogP contribution is -2.26. The molecule has 0 spiro atoms. The Morgan fingerprint density at radius 1 is 1.41 bits per heavy atom. The van der Waals surface area contributed by atoms with Gasteiger partial charge in [-0.15, -0.1) is 0 Å². The Morgan fingerprint density at radius 2 is 2.18 bits per heavy atom. The average Bonchev–Trinajstić information content (AvgIpc) is 2.39. The molecule has 0 amide bonds. The van der Waals surface area contributed by atoms with E-state index < -0.39 is 0 Å². The number of aliphatic imine (C=N–C) groups is 1. The second kappa shape index (κ2) is 5.62. The molecule has 1 heterocycles. The first kappa shape index (κ1) is 11.8. The molecule has 3 nitrogen and oxygen atoms in total. The molecule has 17 heavy (non-hydrogen) atoms. The van der Waals surface area contributed by atoms with E-state index in [0.29, 0.717) is 0 Å². The van der Waals surface area contributed by atoms with Crippen molar-refractivity contribution in [2.75, 3.05) is 7.11 Å². The summed E-state index contributed by atoms with van der Waals surface area (Å²) < 4.78 is 4.74. The van der Waals surface area contributed by atoms with Gasteiger partial charge in [0.15, 0.2) is 0 Å². The van der Waals surface area contributed by atoms with E-state index in [2.05, 4.69) is 17.1 Å². The molecule has 0 aliphatic carbocycles. The third-order valence-electron chi connectivity index (χ3n) is 3.01. The quantitative estimate of drug-likeness (QED) is 0.749. The molecule has 0 radical (unpaired) electrons. The van der Waals surface area contributed by atoms with Crippen molar-refractivity contribution < 1.29 is 9.53 Å². The Kier molecular flexibility index (Phi) is 3.91. The summed E-state index contributed by atoms with van der Waals surface area (Å²) in [5, 5.41) is 0. The van der Waals surface area contributed by atoms with Crippen LogP contribution >= 0.6 is 0 Å². The van der Waals surface area contributed by atoms with Crippen LogP contribution in [0.3, 0.4) is 0 Å². The van der Waals surface area contributed by atoms with Crippen molar-refractivity contribution in [2.45, 2.75) is 31.7 Å². The Morgan fingerprint density at radius 3 is 2.88 bits per heavy atom. The van der Waals surface area contributed by atoms with E-state index in [1.54, 1.807) is 0 Å². The van der Waals surface area contributed by atoms with E-state index >= 15 is 0 Å². The maximum absolute atomic E-state index is 11.4. The molecule has 3 heteroatoms. The van der Waals surface area contributed by atoms with Gasteiger partial charge in [0.2, 0.25) is 0 Å². The highest BCUT2D eigenvalue weighted by Crippen LogP contribution is 2.17. The molecule has 1 aromatic carbocycles. The first-order valence-corrected chi connectivity index (χ1v) is 5.97. The summed E-state index contributed by atoms with van der Waals surface area (Å²) in [6.45, 7) is 0. The third kappa shape index (κ3) is 3.16. The minimum Gasteiger partial charge on any atom is -0.467 e. The minimum atomic E-state index is -0.285. The van der Waals surface area contributed by atoms with Gasteiger partial charge < -0.3 is 4.74 Å². The number of ether oxygens (including phenoxy) is 1. The molecular weight excluding hydrogens is 214 g/mol. The number of carbonyl (C=O) groups is 1. The largest absolute Gasteiger partial charge is 0.467 e. The smallest absolute Gasteiger partial charge is 0.330 e. The Balaban J connectivity index is 2.05. The number of hydrogen-bond acceptors (Lipinski definition) is 3. The van der Waals surface area contributed by atoms with E-state index in [4.69, 9.17) is 4.74 Å². The fraction of sp³-hybridized carbons (Fsp3) is 0.429. The molecule has 0 saturated heterocycles. The zero-order chi connectivity index (χ0) is 12.1. The summed E-state index contributed by atoms with van der Waals surface area (Å²) in [4.78, 5) is 15.9. The number of rotatable bonds is 3. The van der Waals surface area contributed by atoms with Crippen molar-refractivity contribution in [1.82, 2.24) is 0 Å². The average molecular weight is 231 g/mol. The summed E-state index contributed by atoms with van der Waals surface area (Å²) in [6, 6.07) is 9.94. The van der Waals surface area contributed by atoms with Crippen LogP contribution in [0.4, 0.5) is 0 Å². The van der Waals surface area contributed by atoms with Gasteiger partial charge in [-0.2, -0.15) is 0 Å². The monoisotopic (exact) mass is 231 g/mol. The fourth-order valence-electron chi connectivity index (χ4n) is 2.12. The fourth-order valence-corrected chi connectivity index (χ4v) is 2.12. The number of carbonyl (C=O) groups excluding carboxylic acids is 1. The van der Waals surface area contributed by atoms with Crippen LogP contribution in [0.25, 0.3) is 0 Å². The zero-order valence-corrected chi connectivity index (χ0v) is 10.1. The van der Waals surface area contributed by atoms with Crippen molar-refractivity contribution in [1.29, 1.82) is 0 Å². The zero-order valence-electron chi connectivity index (χ0n) is 10.1. The Hall–Kier alpha value is -1.64. The SMILES string of the molecule is COC(=O)[C@@H]1CCCC(Cc2ccccc2)=N1. The van der Waals surface area contributed by atoms with Crippen molar-refractivity contribution in [3.05, 3.63) is 35.9 Å². The van der Waals surface area contributed by atoms with Crippen LogP contribution in [-0.4, -0.2) is 24.8 Å². The number of benzene rings is 1. The molecule has 90 valence electrons. The van der Waals surface area contributed by atoms with Crippen molar-refractivity contribution in [3.8, 4) is 0 Å². The molecule has 0 fully saturated rings. The van der Waals surface area contributed by atoms with E-state index in [1.165, 1.54) is 12.7 Å². The van der Waals surface area contributed by atoms with Crippen LogP contribution in [0.5, 0.6) is 0 Å². The van der Waals surface area contributed by atoms with Crippen LogP contribution in [0.15, 0.2) is 35.3 Å². The summed E-state index contributed by atoms with van der Waals surface area (Å²) in [5.74, 6) is -0.213. The van der Waals surface area contributed by atoms with Gasteiger partial charge in [-0.05, 0) is 24.8 Å². The van der Waals surface area contributed by atoms with Crippen LogP contribution in [-0.2, 0) is 16.0 Å². The van der Waals surface area contributed by atoms with E-state index in [0.717, 1.165) is 31.4 Å². The second-order valence-electron chi connectivity index (χ2n) is 4.29. The molecule has 0 N–H and O–H groups in total. The minimum absolute atomic E-state index is 0.213. The molecule has 0 unspecified atom stereocenters. The molecule has 1 aliphatic rings. The van der Waals surface area contributed by atoms with Gasteiger partial charge >= 0.3 is 5.97 Å². The predicted molar refractivity (Wildman–Crippen MR) is 67.2 cm³/mol. The highest BCUT2D eigenvalue weighted by Gasteiger charge is 2.22. The summed E-state index contributed by atoms with van der Waals surface area (Å²) >= 11 is 0. The third-order valence-corrected chi connectivity index (χ3v) is 3.01. The van der Waals surface area contributed by atoms with E-state index in [9.17, 15) is 4.79 Å². The Labute approximate surface area is 102 Å². The first-order valence-electron chi connectivity index (χ1n) is 5.97. The lowest BCUT2D eigenvalue weighted by Gasteiger charge is -2.18. The standard InChI is InChI=1S/C14H17NO2/c1-17-14(16)13-9-5-8-12(15-13)10-11-6-3-2-4-7-11/h2-4,6-7,13H,5,8-10H2,1H3/t13-/m0/s1. The molecule has 1 aliphatic heterocycles. The maximum Gasteiger partial charge on any atom is 0.330 e. The van der Waals surface area contributed by atoms with Crippen LogP contribution in [0, 0.1) is 0 Å². The lowest BCUT2D eigenvalue weighted by atomic mass is 9.98. The van der Waals surface area contributed by atoms with Crippen molar-refractivity contribution in [3.63, 3.8) is 0 Å². The predicted octanol–water partition coefficient (Wildman–Crippen LogP) is 2.40. The van der Waals surface area contributed by atoms with Crippen LogP contribution < -0.4 is 0 Å². The van der Waals surface area contributed by atoms with Gasteiger partial charge in [0, 0.05) is 12.1 Å². The highest BCUT2D eigenvalue weighted by atomic mass is 16.5. The van der Waals surface area contributed by atoms with Crippen molar-refractivity contribution in [2.24, 2.45) is 4.99 Å². The van der Waals surface area contributed by atoms with Crippen molar-refractivity contribution >= 4 is 11.7 Å². The van der Waals surface area contributed by atoms with Gasteiger partial charge in [-0.3, -0.25) is 4.99 Å². The molecule has 2 rings (SSSR count). The molecule has 0 saturated carbocycles. The van der Waals surface area contributed by atoms with Gasteiger partial charge in [0.25, 0.3) is 0 Å². The van der Waals surface area contributed by atoms with Gasteiger partial charge in [-0.25, -0.2) is 4.79 Å². The molecule has 0 aromatic heterocycles. The normalized spacial score (nSPS) is 19.6. The van der Waals surface area contributed by atoms with Gasteiger partial charge in [0.05, 0.1) is 7.11 Å². The molecule has 0 bridgehead atoms. The van der Waals surface area contributed by atoms with Crippen LogP contribution in [0.2, 0.25) is 0 Å². The van der Waals surface area contributed by atoms with Gasteiger partial charge in [-0.1, -0.05) is 30.3 Å². The summed E-state index contributed by atoms with van der Waals surface area (Å²) in [7, 11) is 1.42. The lowest BCUT2D eigenvalue weighted by molar-refractivity contribution is -0.142. The topological polar surface area (TPSA) is 38.7 Å². The molecule has 1 atom stereocenters. The number of methoxy groups -OCH3 is 1. The van der Waals surface area contributed by atoms with Gasteiger partial charge in [0.1, 0.15) is 6.04 Å². The van der Waals surface area contributed by atoms with E-state index in [1.807, 2.05) is 18.2 Å². The highest BCUT2D eigenvalue weighted by molar-refractivity contribution is 5.90. The second-order valence-corrected chi connectivity index (χ2v) is 4.29. The maximum atomic E-state index is 11.4. The number of nitrogens with zero attached hydrogens (tertiary/aromatic N) is 1. The first-order chi connectivity index (χ1) is 8.29.